The van der Waals surface area contributed by atoms with Crippen LogP contribution in [0, 0.1) is 17.8 Å². The summed E-state index contributed by atoms with van der Waals surface area (Å²) in [6.07, 6.45) is 15.0. The molecule has 3 saturated carbocycles. The van der Waals surface area contributed by atoms with Crippen LogP contribution in [-0.4, -0.2) is 63.1 Å². The van der Waals surface area contributed by atoms with Crippen LogP contribution in [0.25, 0.3) is 6.08 Å². The van der Waals surface area contributed by atoms with E-state index in [-0.39, 0.29) is 36.1 Å². The first-order valence-corrected chi connectivity index (χ1v) is 18.9. The molecule has 1 saturated heterocycles. The number of nitrogens with one attached hydrogen (secondary N) is 1. The Hall–Kier alpha value is -4.38. The van der Waals surface area contributed by atoms with Crippen molar-refractivity contribution in [2.24, 2.45) is 17.8 Å². The molecule has 4 fully saturated rings. The molecule has 4 aliphatic heterocycles. The first kappa shape index (κ1) is 35.6. The van der Waals surface area contributed by atoms with E-state index in [0.717, 1.165) is 40.9 Å². The van der Waals surface area contributed by atoms with E-state index in [1.807, 2.05) is 4.68 Å². The highest BCUT2D eigenvalue weighted by molar-refractivity contribution is 5.96. The molecule has 1 spiro atoms. The number of fused-ring (bicyclic) bond motifs is 4. The number of carbonyl (C=O) groups is 2. The van der Waals surface area contributed by atoms with Crippen LogP contribution in [0.3, 0.4) is 0 Å². The van der Waals surface area contributed by atoms with Crippen molar-refractivity contribution in [2.75, 3.05) is 19.5 Å². The highest BCUT2D eigenvalue weighted by Crippen LogP contribution is 2.75. The molecule has 2 aromatic rings. The number of benzene rings is 1. The number of carbonyl (C=O) groups excluding carboxylic acids is 2. The van der Waals surface area contributed by atoms with Gasteiger partial charge in [-0.1, -0.05) is 29.4 Å². The summed E-state index contributed by atoms with van der Waals surface area (Å²) in [5.74, 6) is 1.31. The number of ketones is 1. The number of anilines is 1. The maximum absolute atomic E-state index is 15.3. The summed E-state index contributed by atoms with van der Waals surface area (Å²) in [4.78, 5) is 32.6. The molecule has 282 valence electrons. The van der Waals surface area contributed by atoms with E-state index < -0.39 is 34.3 Å². The van der Waals surface area contributed by atoms with E-state index in [0.29, 0.717) is 35.9 Å². The Morgan fingerprint density at radius 1 is 1.06 bits per heavy atom. The molecule has 1 aromatic carbocycles. The molecule has 11 nitrogen and oxygen atoms in total. The lowest BCUT2D eigenvalue weighted by molar-refractivity contribution is -0.224. The highest BCUT2D eigenvalue weighted by atomic mass is 16.6. The SMILES string of the molecule is COC(=O)/C(C)=C\CC12OC(C)(C)C3CC(C1=O)C1C4C(Nc5ncnn51)c1c(OC)c5c(c(CC=C(C)C)c1OC432)OC(C)(CCC=C(C)C)C=C5. The summed E-state index contributed by atoms with van der Waals surface area (Å²) in [5.41, 5.74) is 1.66. The van der Waals surface area contributed by atoms with Crippen LogP contribution < -0.4 is 19.5 Å². The van der Waals surface area contributed by atoms with Gasteiger partial charge in [-0.15, -0.1) is 0 Å². The lowest BCUT2D eigenvalue weighted by Gasteiger charge is -2.66. The van der Waals surface area contributed by atoms with Crippen LogP contribution in [0.2, 0.25) is 0 Å². The van der Waals surface area contributed by atoms with Crippen LogP contribution in [0.5, 0.6) is 17.2 Å². The Balaban J connectivity index is 1.41. The minimum Gasteiger partial charge on any atom is -0.495 e. The summed E-state index contributed by atoms with van der Waals surface area (Å²) in [6, 6.07) is -0.703. The molecule has 1 N–H and O–H groups in total. The number of allylic oxidation sites excluding steroid dienone is 4. The zero-order valence-electron chi connectivity index (χ0n) is 32.6. The van der Waals surface area contributed by atoms with Gasteiger partial charge >= 0.3 is 5.97 Å². The molecule has 53 heavy (non-hydrogen) atoms. The number of rotatable bonds is 9. The van der Waals surface area contributed by atoms with Gasteiger partial charge in [-0.2, -0.15) is 10.1 Å². The molecule has 0 amide bonds. The van der Waals surface area contributed by atoms with Gasteiger partial charge in [0, 0.05) is 29.4 Å². The highest BCUT2D eigenvalue weighted by Gasteiger charge is 2.86. The van der Waals surface area contributed by atoms with Gasteiger partial charge in [0.1, 0.15) is 29.2 Å². The predicted octanol–water partition coefficient (Wildman–Crippen LogP) is 7.44. The smallest absolute Gasteiger partial charge is 0.333 e. The molecular formula is C42H52N4O7. The monoisotopic (exact) mass is 724 g/mol. The summed E-state index contributed by atoms with van der Waals surface area (Å²) >= 11 is 0. The molecule has 1 aromatic heterocycles. The van der Waals surface area contributed by atoms with Gasteiger partial charge in [-0.25, -0.2) is 9.48 Å². The number of aromatic nitrogens is 3. The molecule has 8 unspecified atom stereocenters. The maximum Gasteiger partial charge on any atom is 0.333 e. The quantitative estimate of drug-likeness (QED) is 0.159. The van der Waals surface area contributed by atoms with Gasteiger partial charge in [-0.3, -0.25) is 4.79 Å². The first-order valence-electron chi connectivity index (χ1n) is 18.9. The summed E-state index contributed by atoms with van der Waals surface area (Å²) in [5, 5.41) is 8.47. The van der Waals surface area contributed by atoms with Gasteiger partial charge in [0.15, 0.2) is 17.0 Å². The van der Waals surface area contributed by atoms with Crippen molar-refractivity contribution < 1.29 is 33.3 Å². The third kappa shape index (κ3) is 4.87. The van der Waals surface area contributed by atoms with Crippen LogP contribution in [0.4, 0.5) is 5.95 Å². The second-order valence-electron chi connectivity index (χ2n) is 17.0. The molecule has 9 rings (SSSR count). The third-order valence-corrected chi connectivity index (χ3v) is 12.8. The van der Waals surface area contributed by atoms with Crippen molar-refractivity contribution >= 4 is 23.8 Å². The lowest BCUT2D eigenvalue weighted by Crippen LogP contribution is -2.79. The minimum atomic E-state index is -1.40. The van der Waals surface area contributed by atoms with Gasteiger partial charge < -0.3 is 29.0 Å². The fourth-order valence-corrected chi connectivity index (χ4v) is 10.6. The standard InChI is InChI=1S/C42H52N4O7/c1-22(2)12-11-17-40(8)18-16-26-33(51-40)25(14-13-23(3)4)35-29(34(26)49-9)31-30-32(46-38(45-31)43-21-44-46)27-20-28-39(6,7)53-41(36(27)47,42(28,30)52-35)19-15-24(5)37(48)50-10/h12-13,15-16,18,21,27-28,30-32H,11,14,17,19-20H2,1-10H3,(H,43,44,45)/b24-15-. The van der Waals surface area contributed by atoms with E-state index in [4.69, 9.17) is 23.7 Å². The van der Waals surface area contributed by atoms with Gasteiger partial charge in [0.05, 0.1) is 48.9 Å². The van der Waals surface area contributed by atoms with Gasteiger partial charge in [0.25, 0.3) is 0 Å². The van der Waals surface area contributed by atoms with E-state index in [2.05, 4.69) is 88.2 Å². The Kier molecular flexibility index (Phi) is 8.11. The second kappa shape index (κ2) is 12.1. The van der Waals surface area contributed by atoms with Gasteiger partial charge in [-0.05, 0) is 93.2 Å². The van der Waals surface area contributed by atoms with E-state index in [1.54, 1.807) is 26.4 Å². The average molecular weight is 725 g/mol. The first-order chi connectivity index (χ1) is 25.1. The van der Waals surface area contributed by atoms with Crippen LogP contribution in [-0.2, 0) is 25.5 Å². The number of ether oxygens (including phenoxy) is 5. The number of nitrogens with zero attached hydrogens (tertiary/aromatic N) is 3. The lowest BCUT2D eigenvalue weighted by atomic mass is 9.44. The number of hydrogen-bond acceptors (Lipinski definition) is 10. The predicted molar refractivity (Wildman–Crippen MR) is 200 cm³/mol. The minimum absolute atomic E-state index is 0.0261. The van der Waals surface area contributed by atoms with Crippen molar-refractivity contribution in [2.45, 2.75) is 122 Å². The molecule has 3 aliphatic carbocycles. The summed E-state index contributed by atoms with van der Waals surface area (Å²) < 4.78 is 35.4. The van der Waals surface area contributed by atoms with Crippen molar-refractivity contribution in [3.63, 3.8) is 0 Å². The number of esters is 1. The fraction of sp³-hybridized carbons (Fsp3) is 0.571. The Morgan fingerprint density at radius 3 is 2.51 bits per heavy atom. The number of methoxy groups -OCH3 is 2. The van der Waals surface area contributed by atoms with Crippen molar-refractivity contribution in [3.05, 3.63) is 64.0 Å². The molecule has 0 radical (unpaired) electrons. The van der Waals surface area contributed by atoms with Crippen molar-refractivity contribution in [1.29, 1.82) is 0 Å². The summed E-state index contributed by atoms with van der Waals surface area (Å²) in [6.45, 7) is 16.4. The van der Waals surface area contributed by atoms with E-state index in [1.165, 1.54) is 12.7 Å². The molecule has 8 atom stereocenters. The number of Topliss-reactive ketones (excluding diaryl/α,β-unsaturated/α-hetero) is 1. The Morgan fingerprint density at radius 2 is 1.81 bits per heavy atom. The molecule has 7 aliphatic rings. The van der Waals surface area contributed by atoms with Crippen LogP contribution >= 0.6 is 0 Å². The topological polar surface area (TPSA) is 123 Å². The largest absolute Gasteiger partial charge is 0.495 e. The Labute approximate surface area is 311 Å². The zero-order valence-corrected chi connectivity index (χ0v) is 32.6. The number of hydrogen-bond donors (Lipinski definition) is 1. The Bertz CT molecular complexity index is 2030. The molecule has 5 heterocycles. The normalized spacial score (nSPS) is 33.3. The zero-order chi connectivity index (χ0) is 37.8. The summed E-state index contributed by atoms with van der Waals surface area (Å²) in [7, 11) is 3.06. The van der Waals surface area contributed by atoms with Crippen LogP contribution in [0.1, 0.15) is 110 Å². The third-order valence-electron chi connectivity index (χ3n) is 12.8. The average Bonchev–Trinajstić information content (AvgIpc) is 3.63. The fourth-order valence-electron chi connectivity index (χ4n) is 10.6. The molecule has 4 bridgehead atoms. The second-order valence-corrected chi connectivity index (χ2v) is 17.0. The maximum atomic E-state index is 15.3. The van der Waals surface area contributed by atoms with Crippen LogP contribution in [0.15, 0.2) is 47.4 Å². The van der Waals surface area contributed by atoms with E-state index >= 15 is 4.79 Å². The van der Waals surface area contributed by atoms with Gasteiger partial charge in [0.2, 0.25) is 5.95 Å². The van der Waals surface area contributed by atoms with E-state index in [9.17, 15) is 4.79 Å². The van der Waals surface area contributed by atoms with Crippen molar-refractivity contribution in [1.82, 2.24) is 14.8 Å². The van der Waals surface area contributed by atoms with Crippen molar-refractivity contribution in [3.8, 4) is 17.2 Å². The molecular weight excluding hydrogens is 672 g/mol. The molecule has 11 heteroatoms.